The third kappa shape index (κ3) is 4.21. The maximum atomic E-state index is 5.97. The largest absolute Gasteiger partial charge is 0.308 e. The Morgan fingerprint density at radius 1 is 1.42 bits per heavy atom. The van der Waals surface area contributed by atoms with Gasteiger partial charge in [-0.1, -0.05) is 17.7 Å². The fourth-order valence-corrected chi connectivity index (χ4v) is 3.76. The van der Waals surface area contributed by atoms with Gasteiger partial charge in [0.1, 0.15) is 5.01 Å². The van der Waals surface area contributed by atoms with Crippen molar-refractivity contribution in [2.45, 2.75) is 36.1 Å². The first kappa shape index (κ1) is 13.4. The molecule has 19 heavy (non-hydrogen) atoms. The first-order valence-corrected chi connectivity index (χ1v) is 8.59. The van der Waals surface area contributed by atoms with Gasteiger partial charge in [0.2, 0.25) is 0 Å². The summed E-state index contributed by atoms with van der Waals surface area (Å²) >= 11 is 9.49. The Kier molecular flexibility index (Phi) is 4.43. The molecule has 2 aromatic rings. The van der Waals surface area contributed by atoms with E-state index in [4.69, 9.17) is 11.6 Å². The van der Waals surface area contributed by atoms with Crippen LogP contribution in [0.5, 0.6) is 0 Å². The van der Waals surface area contributed by atoms with E-state index in [1.165, 1.54) is 28.4 Å². The van der Waals surface area contributed by atoms with E-state index >= 15 is 0 Å². The van der Waals surface area contributed by atoms with Crippen LogP contribution in [0.1, 0.15) is 23.5 Å². The van der Waals surface area contributed by atoms with Crippen molar-refractivity contribution in [2.24, 2.45) is 0 Å². The highest BCUT2D eigenvalue weighted by atomic mass is 35.5. The summed E-state index contributed by atoms with van der Waals surface area (Å²) in [4.78, 5) is 5.84. The molecule has 0 atom stereocenters. The van der Waals surface area contributed by atoms with E-state index in [1.54, 1.807) is 23.1 Å². The van der Waals surface area contributed by atoms with Crippen LogP contribution in [0.15, 0.2) is 34.5 Å². The summed E-state index contributed by atoms with van der Waals surface area (Å²) in [7, 11) is 0. The topological polar surface area (TPSA) is 24.9 Å². The molecule has 1 aliphatic carbocycles. The van der Waals surface area contributed by atoms with Gasteiger partial charge in [-0.2, -0.15) is 0 Å². The third-order valence-electron chi connectivity index (χ3n) is 2.91. The summed E-state index contributed by atoms with van der Waals surface area (Å²) in [5.41, 5.74) is 1.17. The molecular weight excluding hydrogens is 296 g/mol. The lowest BCUT2D eigenvalue weighted by molar-refractivity contribution is 0.676. The van der Waals surface area contributed by atoms with Gasteiger partial charge < -0.3 is 5.32 Å². The molecule has 1 fully saturated rings. The van der Waals surface area contributed by atoms with Crippen molar-refractivity contribution in [3.63, 3.8) is 0 Å². The highest BCUT2D eigenvalue weighted by Crippen LogP contribution is 2.26. The first-order valence-electron chi connectivity index (χ1n) is 6.34. The van der Waals surface area contributed by atoms with E-state index in [1.807, 2.05) is 18.2 Å². The molecule has 3 rings (SSSR count). The normalized spacial score (nSPS) is 14.8. The lowest BCUT2D eigenvalue weighted by atomic mass is 10.4. The molecule has 1 heterocycles. The summed E-state index contributed by atoms with van der Waals surface area (Å²) < 4.78 is 0. The fourth-order valence-electron chi connectivity index (χ4n) is 1.73. The minimum Gasteiger partial charge on any atom is -0.308 e. The van der Waals surface area contributed by atoms with Gasteiger partial charge in [-0.25, -0.2) is 4.98 Å². The average molecular weight is 311 g/mol. The molecule has 1 N–H and O–H groups in total. The van der Waals surface area contributed by atoms with Gasteiger partial charge in [0.25, 0.3) is 0 Å². The molecular formula is C14H15ClN2S2. The summed E-state index contributed by atoms with van der Waals surface area (Å²) in [5, 5.41) is 7.61. The number of hydrogen-bond donors (Lipinski definition) is 1. The number of thioether (sulfide) groups is 1. The van der Waals surface area contributed by atoms with E-state index in [0.717, 1.165) is 23.4 Å². The van der Waals surface area contributed by atoms with Crippen LogP contribution in [0.3, 0.4) is 0 Å². The number of nitrogens with zero attached hydrogens (tertiary/aromatic N) is 1. The van der Waals surface area contributed by atoms with Crippen LogP contribution in [-0.4, -0.2) is 11.0 Å². The molecule has 5 heteroatoms. The van der Waals surface area contributed by atoms with E-state index in [-0.39, 0.29) is 0 Å². The first-order chi connectivity index (χ1) is 9.29. The van der Waals surface area contributed by atoms with E-state index < -0.39 is 0 Å². The maximum absolute atomic E-state index is 5.97. The molecule has 0 unspecified atom stereocenters. The minimum atomic E-state index is 0.742. The van der Waals surface area contributed by atoms with Crippen molar-refractivity contribution >= 4 is 34.7 Å². The van der Waals surface area contributed by atoms with Crippen LogP contribution < -0.4 is 5.32 Å². The molecule has 1 aliphatic rings. The van der Waals surface area contributed by atoms with Gasteiger partial charge in [-0.3, -0.25) is 0 Å². The second-order valence-corrected chi connectivity index (χ2v) is 7.06. The van der Waals surface area contributed by atoms with Crippen molar-refractivity contribution < 1.29 is 0 Å². The summed E-state index contributed by atoms with van der Waals surface area (Å²) in [6, 6.07) is 8.70. The van der Waals surface area contributed by atoms with Gasteiger partial charge in [-0.05, 0) is 31.0 Å². The molecule has 0 saturated heterocycles. The van der Waals surface area contributed by atoms with Crippen LogP contribution in [0.2, 0.25) is 5.02 Å². The zero-order valence-electron chi connectivity index (χ0n) is 10.4. The standard InChI is InChI=1S/C14H15ClN2S2/c15-10-2-1-3-13(6-10)18-9-14-17-12(8-19-14)7-16-11-4-5-11/h1-3,6,8,11,16H,4-5,7,9H2. The van der Waals surface area contributed by atoms with Crippen molar-refractivity contribution in [2.75, 3.05) is 0 Å². The van der Waals surface area contributed by atoms with Crippen LogP contribution >= 0.6 is 34.7 Å². The molecule has 1 aromatic heterocycles. The SMILES string of the molecule is Clc1cccc(SCc2nc(CNC3CC3)cs2)c1. The van der Waals surface area contributed by atoms with Gasteiger partial charge in [0, 0.05) is 27.9 Å². The Balaban J connectivity index is 1.51. The van der Waals surface area contributed by atoms with Crippen molar-refractivity contribution in [1.29, 1.82) is 0 Å². The predicted molar refractivity (Wildman–Crippen MR) is 83.0 cm³/mol. The van der Waals surface area contributed by atoms with Gasteiger partial charge in [0.05, 0.1) is 11.4 Å². The highest BCUT2D eigenvalue weighted by molar-refractivity contribution is 7.98. The Bertz CT molecular complexity index is 552. The van der Waals surface area contributed by atoms with E-state index in [2.05, 4.69) is 21.7 Å². The van der Waals surface area contributed by atoms with Crippen LogP contribution in [0.4, 0.5) is 0 Å². The highest BCUT2D eigenvalue weighted by Gasteiger charge is 2.20. The second-order valence-electron chi connectivity index (χ2n) is 4.63. The third-order valence-corrected chi connectivity index (χ3v) is 5.23. The molecule has 2 nitrogen and oxygen atoms in total. The predicted octanol–water partition coefficient (Wildman–Crippen LogP) is 4.34. The monoisotopic (exact) mass is 310 g/mol. The van der Waals surface area contributed by atoms with E-state index in [0.29, 0.717) is 0 Å². The quantitative estimate of drug-likeness (QED) is 0.803. The van der Waals surface area contributed by atoms with Crippen molar-refractivity contribution in [1.82, 2.24) is 10.3 Å². The number of nitrogens with one attached hydrogen (secondary N) is 1. The lowest BCUT2D eigenvalue weighted by Crippen LogP contribution is -2.15. The lowest BCUT2D eigenvalue weighted by Gasteiger charge is -2.00. The number of thiazole rings is 1. The molecule has 1 saturated carbocycles. The summed E-state index contributed by atoms with van der Waals surface area (Å²) in [6.45, 7) is 0.906. The number of rotatable bonds is 6. The van der Waals surface area contributed by atoms with Gasteiger partial charge in [0.15, 0.2) is 0 Å². The molecule has 0 radical (unpaired) electrons. The average Bonchev–Trinajstić information content (AvgIpc) is 3.13. The molecule has 0 bridgehead atoms. The number of aromatic nitrogens is 1. The number of halogens is 1. The zero-order chi connectivity index (χ0) is 13.1. The summed E-state index contributed by atoms with van der Waals surface area (Å²) in [6.07, 6.45) is 2.64. The summed E-state index contributed by atoms with van der Waals surface area (Å²) in [5.74, 6) is 0.911. The molecule has 0 amide bonds. The zero-order valence-corrected chi connectivity index (χ0v) is 12.8. The minimum absolute atomic E-state index is 0.742. The maximum Gasteiger partial charge on any atom is 0.103 e. The van der Waals surface area contributed by atoms with E-state index in [9.17, 15) is 0 Å². The van der Waals surface area contributed by atoms with Crippen molar-refractivity contribution in [3.05, 3.63) is 45.4 Å². The van der Waals surface area contributed by atoms with Crippen LogP contribution in [-0.2, 0) is 12.3 Å². The number of benzene rings is 1. The molecule has 1 aromatic carbocycles. The van der Waals surface area contributed by atoms with Gasteiger partial charge in [-0.15, -0.1) is 23.1 Å². The van der Waals surface area contributed by atoms with Crippen LogP contribution in [0, 0.1) is 0 Å². The molecule has 0 aliphatic heterocycles. The van der Waals surface area contributed by atoms with Gasteiger partial charge >= 0.3 is 0 Å². The Labute approximate surface area is 126 Å². The second kappa shape index (κ2) is 6.27. The molecule has 100 valence electrons. The molecule has 0 spiro atoms. The Morgan fingerprint density at radius 3 is 3.11 bits per heavy atom. The van der Waals surface area contributed by atoms with Crippen LogP contribution in [0.25, 0.3) is 0 Å². The Morgan fingerprint density at radius 2 is 2.32 bits per heavy atom. The fraction of sp³-hybridized carbons (Fsp3) is 0.357. The number of hydrogen-bond acceptors (Lipinski definition) is 4. The Hall–Kier alpha value is -0.550. The van der Waals surface area contributed by atoms with Crippen molar-refractivity contribution in [3.8, 4) is 0 Å². The smallest absolute Gasteiger partial charge is 0.103 e.